The van der Waals surface area contributed by atoms with E-state index >= 15 is 0 Å². The highest BCUT2D eigenvalue weighted by Gasteiger charge is 2.68. The first-order valence-corrected chi connectivity index (χ1v) is 25.7. The summed E-state index contributed by atoms with van der Waals surface area (Å²) in [5.74, 6) is -1.23. The Bertz CT molecular complexity index is 2380. The highest BCUT2D eigenvalue weighted by Crippen LogP contribution is 2.65. The van der Waals surface area contributed by atoms with Crippen molar-refractivity contribution in [3.05, 3.63) is 82.9 Å². The Labute approximate surface area is 415 Å². The Morgan fingerprint density at radius 2 is 1.51 bits per heavy atom. The van der Waals surface area contributed by atoms with Gasteiger partial charge in [-0.2, -0.15) is 0 Å². The fourth-order valence-corrected chi connectivity index (χ4v) is 11.4. The first-order valence-electron chi connectivity index (χ1n) is 25.7. The lowest BCUT2D eigenvalue weighted by molar-refractivity contribution is -0.199. The minimum Gasteiger partial charge on any atom is -0.496 e. The Morgan fingerprint density at radius 3 is 2.19 bits per heavy atom. The van der Waals surface area contributed by atoms with Gasteiger partial charge in [-0.05, 0) is 123 Å². The number of ether oxygens (including phenoxy) is 2. The van der Waals surface area contributed by atoms with Gasteiger partial charge in [0.05, 0.1) is 31.9 Å². The number of fused-ring (bicyclic) bond motifs is 5. The van der Waals surface area contributed by atoms with Crippen LogP contribution >= 0.6 is 0 Å². The van der Waals surface area contributed by atoms with Crippen LogP contribution in [0.1, 0.15) is 146 Å². The minimum absolute atomic E-state index is 0.0721. The van der Waals surface area contributed by atoms with Gasteiger partial charge in [0.25, 0.3) is 5.91 Å². The smallest absolute Gasteiger partial charge is 0.481 e. The maximum Gasteiger partial charge on any atom is 0.481 e. The topological polar surface area (TPSA) is 174 Å². The lowest BCUT2D eigenvalue weighted by Crippen LogP contribution is -2.65. The molecule has 5 aliphatic rings. The number of aryl methyl sites for hydroxylation is 1. The van der Waals surface area contributed by atoms with Crippen molar-refractivity contribution in [2.75, 3.05) is 21.3 Å². The molecule has 70 heavy (non-hydrogen) atoms. The maximum atomic E-state index is 14.7. The molecule has 3 aliphatic carbocycles. The van der Waals surface area contributed by atoms with Gasteiger partial charge in [-0.15, -0.1) is 0 Å². The third-order valence-corrected chi connectivity index (χ3v) is 15.9. The van der Waals surface area contributed by atoms with Crippen LogP contribution in [0.3, 0.4) is 0 Å². The number of rotatable bonds is 18. The molecule has 0 aromatic heterocycles. The lowest BCUT2D eigenvalue weighted by atomic mass is 9.43. The molecule has 6 bridgehead atoms. The number of methoxy groups -OCH3 is 2. The molecule has 2 aliphatic heterocycles. The van der Waals surface area contributed by atoms with Crippen molar-refractivity contribution in [1.82, 2.24) is 26.2 Å². The van der Waals surface area contributed by atoms with Gasteiger partial charge in [0.1, 0.15) is 35.7 Å². The van der Waals surface area contributed by atoms with Crippen LogP contribution in [0.2, 0.25) is 0 Å². The zero-order valence-corrected chi connectivity index (χ0v) is 43.1. The van der Waals surface area contributed by atoms with Crippen LogP contribution in [-0.2, 0) is 41.3 Å². The van der Waals surface area contributed by atoms with Crippen molar-refractivity contribution in [3.63, 3.8) is 0 Å². The third kappa shape index (κ3) is 11.1. The van der Waals surface area contributed by atoms with Crippen molar-refractivity contribution in [2.45, 2.75) is 167 Å². The molecule has 0 spiro atoms. The molecular weight excluding hydrogens is 885 g/mol. The number of hydrogen-bond acceptors (Lipinski definition) is 9. The fraction of sp³-hybridized carbons (Fsp3) is 0.582. The van der Waals surface area contributed by atoms with E-state index in [4.69, 9.17) is 18.8 Å². The number of benzene rings is 3. The Hall–Kier alpha value is -5.41. The number of carbonyl (C=O) groups is 5. The first-order chi connectivity index (χ1) is 33.4. The van der Waals surface area contributed by atoms with Gasteiger partial charge < -0.3 is 44.9 Å². The van der Waals surface area contributed by atoms with Crippen molar-refractivity contribution >= 4 is 36.7 Å². The molecule has 9 atom stereocenters. The number of likely N-dealkylation sites (N-methyl/N-ethyl adjacent to an activating group) is 1. The molecule has 3 aromatic carbocycles. The van der Waals surface area contributed by atoms with E-state index in [1.807, 2.05) is 38.1 Å². The number of carbonyl (C=O) groups excluding carboxylic acids is 5. The molecule has 5 amide bonds. The van der Waals surface area contributed by atoms with E-state index in [9.17, 15) is 24.0 Å². The number of nitrogens with one attached hydrogen (secondary N) is 4. The molecule has 15 heteroatoms. The van der Waals surface area contributed by atoms with Crippen molar-refractivity contribution in [3.8, 4) is 22.6 Å². The van der Waals surface area contributed by atoms with E-state index in [-0.39, 0.29) is 17.9 Å². The zero-order valence-electron chi connectivity index (χ0n) is 43.1. The van der Waals surface area contributed by atoms with E-state index in [1.165, 1.54) is 51.0 Å². The average Bonchev–Trinajstić information content (AvgIpc) is 3.72. The molecule has 1 saturated heterocycles. The van der Waals surface area contributed by atoms with Gasteiger partial charge in [-0.3, -0.25) is 24.0 Å². The molecule has 14 nitrogen and oxygen atoms in total. The summed E-state index contributed by atoms with van der Waals surface area (Å²) >= 11 is 0. The maximum absolute atomic E-state index is 14.7. The second-order valence-electron chi connectivity index (χ2n) is 21.0. The number of hydrogen-bond donors (Lipinski definition) is 4. The van der Waals surface area contributed by atoms with Gasteiger partial charge in [-0.1, -0.05) is 90.5 Å². The molecule has 378 valence electrons. The summed E-state index contributed by atoms with van der Waals surface area (Å²) in [6.07, 6.45) is 11.1. The predicted octanol–water partition coefficient (Wildman–Crippen LogP) is 7.69. The largest absolute Gasteiger partial charge is 0.496 e. The Kier molecular flexibility index (Phi) is 16.7. The van der Waals surface area contributed by atoms with Gasteiger partial charge in [0, 0.05) is 30.2 Å². The van der Waals surface area contributed by atoms with Gasteiger partial charge in [0.15, 0.2) is 0 Å². The number of unbranched alkanes of at least 4 members (excludes halogenated alkanes) is 5. The van der Waals surface area contributed by atoms with Crippen molar-refractivity contribution in [2.24, 2.45) is 17.3 Å². The second-order valence-corrected chi connectivity index (χ2v) is 21.0. The number of nitrogens with zero attached hydrogens (tertiary/aromatic N) is 1. The van der Waals surface area contributed by atoms with Crippen LogP contribution in [0.5, 0.6) is 11.5 Å². The van der Waals surface area contributed by atoms with Crippen LogP contribution < -0.4 is 30.7 Å². The molecule has 4 N–H and O–H groups in total. The SMILES string of the molecule is CCCCCCCCc1ccc(C(=O)N[C@@H](CCC)C(=O)N(C)[C@@H]2C(=O)N[C@@H](C)C(=O)N[C@H](C(=O)N[C@@H](C)B3O[C@@H]4C[C@@H]5C[C@@H](C5(C)C)[C@]4(C)O3)Cc3ccc(OC)c(c3)-c3cc2ccc3OC)cc1. The molecule has 0 unspecified atom stereocenters. The summed E-state index contributed by atoms with van der Waals surface area (Å²) < 4.78 is 24.9. The molecule has 3 aromatic rings. The molecule has 4 fully saturated rings. The molecule has 8 rings (SSSR count). The highest BCUT2D eigenvalue weighted by molar-refractivity contribution is 6.47. The van der Waals surface area contributed by atoms with Crippen molar-refractivity contribution in [1.29, 1.82) is 0 Å². The summed E-state index contributed by atoms with van der Waals surface area (Å²) in [6.45, 7) is 14.2. The quantitative estimate of drug-likeness (QED) is 0.0737. The summed E-state index contributed by atoms with van der Waals surface area (Å²) in [5.41, 5.74) is 3.61. The normalized spacial score (nSPS) is 25.4. The zero-order chi connectivity index (χ0) is 50.5. The molecule has 0 radical (unpaired) electrons. The van der Waals surface area contributed by atoms with Gasteiger partial charge in [-0.25, -0.2) is 0 Å². The molecular formula is C55H76BN5O9. The van der Waals surface area contributed by atoms with Crippen LogP contribution in [0, 0.1) is 17.3 Å². The summed E-state index contributed by atoms with van der Waals surface area (Å²) in [7, 11) is 3.94. The number of amides is 5. The van der Waals surface area contributed by atoms with Gasteiger partial charge >= 0.3 is 7.12 Å². The Balaban J connectivity index is 1.13. The monoisotopic (exact) mass is 962 g/mol. The highest BCUT2D eigenvalue weighted by atomic mass is 16.7. The van der Waals surface area contributed by atoms with Crippen molar-refractivity contribution < 1.29 is 42.8 Å². The first kappa shape index (κ1) is 52.4. The summed E-state index contributed by atoms with van der Waals surface area (Å²) in [4.78, 5) is 73.0. The van der Waals surface area contributed by atoms with E-state index in [1.54, 1.807) is 50.6 Å². The fourth-order valence-electron chi connectivity index (χ4n) is 11.4. The third-order valence-electron chi connectivity index (χ3n) is 15.9. The average molecular weight is 962 g/mol. The lowest BCUT2D eigenvalue weighted by Gasteiger charge is -2.64. The van der Waals surface area contributed by atoms with Crippen LogP contribution in [0.4, 0.5) is 0 Å². The molecule has 3 saturated carbocycles. The summed E-state index contributed by atoms with van der Waals surface area (Å²) in [5, 5.41) is 11.8. The standard InChI is InChI=1S/C55H76BN5O9/c1-11-13-14-15-16-17-19-35-20-23-37(24-21-35)50(63)59-42(18-12-2)53(66)61(8)48-38-25-27-45(68-10)41(30-38)40-28-36(22-26-44(40)67-9)29-43(60-49(62)33(3)57-52(48)65)51(64)58-34(4)56-69-47-32-39-31-46(54(39,5)6)55(47,7)70-56/h20-28,30,33-34,39,42-43,46-48H,11-19,29,31-32H2,1-10H3,(H,57,65)(H,58,64)(H,59,63)(H,60,62)/t33-,34-,39-,42-,43-,46-,47+,48-,55-/m0/s1. The molecule has 2 heterocycles. The van der Waals surface area contributed by atoms with E-state index in [2.05, 4.69) is 49.0 Å². The van der Waals surface area contributed by atoms with E-state index in [0.717, 1.165) is 31.2 Å². The second kappa shape index (κ2) is 22.3. The minimum atomic E-state index is -1.27. The van der Waals surface area contributed by atoms with Crippen LogP contribution in [-0.4, -0.2) is 98.6 Å². The van der Waals surface area contributed by atoms with Gasteiger partial charge in [0.2, 0.25) is 23.6 Å². The van der Waals surface area contributed by atoms with Crippen LogP contribution in [0.15, 0.2) is 60.7 Å². The Morgan fingerprint density at radius 1 is 0.843 bits per heavy atom. The van der Waals surface area contributed by atoms with E-state index in [0.29, 0.717) is 64.0 Å². The summed E-state index contributed by atoms with van der Waals surface area (Å²) in [6, 6.07) is 13.8. The predicted molar refractivity (Wildman–Crippen MR) is 271 cm³/mol. The van der Waals surface area contributed by atoms with Crippen LogP contribution in [0.25, 0.3) is 11.1 Å². The van der Waals surface area contributed by atoms with E-state index < -0.39 is 72.4 Å².